The van der Waals surface area contributed by atoms with E-state index < -0.39 is 36.0 Å². The lowest BCUT2D eigenvalue weighted by atomic mass is 9.99. The van der Waals surface area contributed by atoms with E-state index in [1.165, 1.54) is 12.0 Å². The summed E-state index contributed by atoms with van der Waals surface area (Å²) in [5.41, 5.74) is 3.04. The lowest BCUT2D eigenvalue weighted by molar-refractivity contribution is -0.139. The molecule has 1 fully saturated rings. The Balaban J connectivity index is 1.66. The quantitative estimate of drug-likeness (QED) is 0.482. The molecule has 2 aromatic rings. The molecule has 42 heavy (non-hydrogen) atoms. The van der Waals surface area contributed by atoms with Crippen molar-refractivity contribution in [3.8, 4) is 11.1 Å². The van der Waals surface area contributed by atoms with Gasteiger partial charge in [0.1, 0.15) is 11.6 Å². The maximum Gasteiger partial charge on any atom is 0.410 e. The highest BCUT2D eigenvalue weighted by atomic mass is 16.6. The molecule has 4 amide bonds. The van der Waals surface area contributed by atoms with Crippen molar-refractivity contribution in [3.05, 3.63) is 59.7 Å². The molecule has 4 rings (SSSR count). The fourth-order valence-corrected chi connectivity index (χ4v) is 5.49. The average molecular weight is 581 g/mol. The number of hydrogen-bond acceptors (Lipinski definition) is 7. The van der Waals surface area contributed by atoms with Gasteiger partial charge in [0.2, 0.25) is 5.91 Å². The summed E-state index contributed by atoms with van der Waals surface area (Å²) in [4.78, 5) is 57.2. The highest BCUT2D eigenvalue weighted by molar-refractivity contribution is 5.88. The van der Waals surface area contributed by atoms with Gasteiger partial charge in [-0.1, -0.05) is 48.5 Å². The molecule has 11 nitrogen and oxygen atoms in total. The summed E-state index contributed by atoms with van der Waals surface area (Å²) in [6.45, 7) is 8.56. The zero-order valence-electron chi connectivity index (χ0n) is 24.9. The number of piperazine rings is 1. The second-order valence-corrected chi connectivity index (χ2v) is 11.2. The van der Waals surface area contributed by atoms with Gasteiger partial charge >= 0.3 is 18.3 Å². The Hall–Kier alpha value is -4.28. The summed E-state index contributed by atoms with van der Waals surface area (Å²) in [6.07, 6.45) is -1.57. The number of fused-ring (bicyclic) bond motifs is 3. The normalized spacial score (nSPS) is 15.3. The topological polar surface area (TPSA) is 118 Å². The van der Waals surface area contributed by atoms with Crippen LogP contribution in [0.4, 0.5) is 14.4 Å². The van der Waals surface area contributed by atoms with Gasteiger partial charge in [-0.3, -0.25) is 9.69 Å². The number of alkyl carbamates (subject to hydrolysis) is 1. The highest BCUT2D eigenvalue weighted by Gasteiger charge is 2.43. The lowest BCUT2D eigenvalue weighted by Gasteiger charge is -2.40. The lowest BCUT2D eigenvalue weighted by Crippen LogP contribution is -2.57. The zero-order chi connectivity index (χ0) is 30.4. The minimum Gasteiger partial charge on any atom is -0.453 e. The van der Waals surface area contributed by atoms with Crippen LogP contribution in [0.1, 0.15) is 51.3 Å². The third-order valence-corrected chi connectivity index (χ3v) is 7.29. The molecule has 0 aromatic heterocycles. The molecule has 1 aliphatic carbocycles. The number of amides is 4. The molecular formula is C31H40N4O7. The number of methoxy groups -OCH3 is 1. The van der Waals surface area contributed by atoms with Gasteiger partial charge in [-0.15, -0.1) is 0 Å². The molecule has 1 atom stereocenters. The van der Waals surface area contributed by atoms with Crippen LogP contribution < -0.4 is 5.32 Å². The molecule has 0 radical (unpaired) electrons. The van der Waals surface area contributed by atoms with Crippen LogP contribution in [0.15, 0.2) is 48.5 Å². The number of rotatable bonds is 7. The van der Waals surface area contributed by atoms with Crippen LogP contribution in [0, 0.1) is 0 Å². The van der Waals surface area contributed by atoms with Gasteiger partial charge < -0.3 is 29.3 Å². The van der Waals surface area contributed by atoms with Gasteiger partial charge in [-0.2, -0.15) is 0 Å². The maximum absolute atomic E-state index is 14.2. The van der Waals surface area contributed by atoms with E-state index in [4.69, 9.17) is 14.2 Å². The van der Waals surface area contributed by atoms with E-state index in [2.05, 4.69) is 5.32 Å². The van der Waals surface area contributed by atoms with Crippen LogP contribution in [0.3, 0.4) is 0 Å². The number of nitrogens with one attached hydrogen (secondary N) is 1. The summed E-state index contributed by atoms with van der Waals surface area (Å²) in [5, 5.41) is 2.72. The standard InChI is InChI=1S/C31H40N4O7/c1-6-41-29(38)34-19-17-33(18-20-34)27(36)25(15-16-32-28(37)42-31(2,3)4)35(30(39)40-5)26-23-13-9-7-11-21(23)22-12-8-10-14-24(22)26/h7-14,25-26H,6,15-20H2,1-5H3,(H,32,37)/t25-/m0/s1. The van der Waals surface area contributed by atoms with Gasteiger partial charge in [-0.25, -0.2) is 14.4 Å². The number of benzene rings is 2. The third kappa shape index (κ3) is 6.78. The van der Waals surface area contributed by atoms with E-state index in [1.54, 1.807) is 37.5 Å². The van der Waals surface area contributed by atoms with Gasteiger partial charge in [0.15, 0.2) is 0 Å². The Kier molecular flexibility index (Phi) is 9.59. The predicted molar refractivity (Wildman–Crippen MR) is 156 cm³/mol. The van der Waals surface area contributed by atoms with E-state index in [-0.39, 0.29) is 38.6 Å². The van der Waals surface area contributed by atoms with Crippen molar-refractivity contribution in [1.82, 2.24) is 20.0 Å². The van der Waals surface area contributed by atoms with Gasteiger partial charge in [0.25, 0.3) is 0 Å². The number of ether oxygens (including phenoxy) is 3. The summed E-state index contributed by atoms with van der Waals surface area (Å²) in [5.74, 6) is -0.295. The Bertz CT molecular complexity index is 1250. The first-order chi connectivity index (χ1) is 20.1. The van der Waals surface area contributed by atoms with Crippen molar-refractivity contribution in [1.29, 1.82) is 0 Å². The molecule has 11 heteroatoms. The van der Waals surface area contributed by atoms with E-state index >= 15 is 0 Å². The Morgan fingerprint density at radius 3 is 2.00 bits per heavy atom. The molecular weight excluding hydrogens is 540 g/mol. The molecule has 0 bridgehead atoms. The minimum absolute atomic E-state index is 0.0810. The third-order valence-electron chi connectivity index (χ3n) is 7.29. The summed E-state index contributed by atoms with van der Waals surface area (Å²) >= 11 is 0. The first-order valence-corrected chi connectivity index (χ1v) is 14.3. The molecule has 2 aliphatic rings. The fourth-order valence-electron chi connectivity index (χ4n) is 5.49. The zero-order valence-corrected chi connectivity index (χ0v) is 24.9. The summed E-state index contributed by atoms with van der Waals surface area (Å²) in [7, 11) is 1.29. The molecule has 1 saturated heterocycles. The number of carbonyl (C=O) groups is 4. The van der Waals surface area contributed by atoms with Crippen LogP contribution in [-0.4, -0.2) is 97.0 Å². The molecule has 0 unspecified atom stereocenters. The SMILES string of the molecule is CCOC(=O)N1CCN(C(=O)[C@H](CCNC(=O)OC(C)(C)C)N(C(=O)OC)C2c3ccccc3-c3ccccc32)CC1. The molecule has 1 aliphatic heterocycles. The molecule has 226 valence electrons. The summed E-state index contributed by atoms with van der Waals surface area (Å²) in [6, 6.07) is 14.0. The molecule has 1 N–H and O–H groups in total. The second kappa shape index (κ2) is 13.1. The average Bonchev–Trinajstić information content (AvgIpc) is 3.29. The number of hydrogen-bond donors (Lipinski definition) is 1. The van der Waals surface area contributed by atoms with Crippen LogP contribution in [0.25, 0.3) is 11.1 Å². The number of nitrogens with zero attached hydrogens (tertiary/aromatic N) is 3. The Morgan fingerprint density at radius 2 is 1.48 bits per heavy atom. The predicted octanol–water partition coefficient (Wildman–Crippen LogP) is 4.41. The van der Waals surface area contributed by atoms with Crippen molar-refractivity contribution >= 4 is 24.2 Å². The van der Waals surface area contributed by atoms with E-state index in [0.29, 0.717) is 13.1 Å². The van der Waals surface area contributed by atoms with Crippen LogP contribution in [0.5, 0.6) is 0 Å². The molecule has 2 aromatic carbocycles. The van der Waals surface area contributed by atoms with Crippen molar-refractivity contribution < 1.29 is 33.4 Å². The van der Waals surface area contributed by atoms with Crippen LogP contribution in [0.2, 0.25) is 0 Å². The maximum atomic E-state index is 14.2. The fraction of sp³-hybridized carbons (Fsp3) is 0.484. The second-order valence-electron chi connectivity index (χ2n) is 11.2. The Labute approximate surface area is 246 Å². The van der Waals surface area contributed by atoms with E-state index in [0.717, 1.165) is 22.3 Å². The van der Waals surface area contributed by atoms with Gasteiger partial charge in [0.05, 0.1) is 19.8 Å². The van der Waals surface area contributed by atoms with Gasteiger partial charge in [-0.05, 0) is 56.4 Å². The first kappa shape index (κ1) is 30.7. The van der Waals surface area contributed by atoms with Crippen molar-refractivity contribution in [2.45, 2.75) is 51.8 Å². The molecule has 0 spiro atoms. The van der Waals surface area contributed by atoms with E-state index in [9.17, 15) is 19.2 Å². The smallest absolute Gasteiger partial charge is 0.410 e. The minimum atomic E-state index is -0.981. The van der Waals surface area contributed by atoms with E-state index in [1.807, 2.05) is 48.5 Å². The largest absolute Gasteiger partial charge is 0.453 e. The van der Waals surface area contributed by atoms with Crippen molar-refractivity contribution in [2.75, 3.05) is 46.4 Å². The molecule has 0 saturated carbocycles. The monoisotopic (exact) mass is 580 g/mol. The van der Waals surface area contributed by atoms with Crippen LogP contribution in [-0.2, 0) is 19.0 Å². The van der Waals surface area contributed by atoms with Crippen molar-refractivity contribution in [3.63, 3.8) is 0 Å². The van der Waals surface area contributed by atoms with Gasteiger partial charge in [0, 0.05) is 32.7 Å². The highest BCUT2D eigenvalue weighted by Crippen LogP contribution is 2.47. The first-order valence-electron chi connectivity index (χ1n) is 14.3. The number of carbonyl (C=O) groups excluding carboxylic acids is 4. The molecule has 1 heterocycles. The Morgan fingerprint density at radius 1 is 0.929 bits per heavy atom. The van der Waals surface area contributed by atoms with Crippen molar-refractivity contribution in [2.24, 2.45) is 0 Å². The summed E-state index contributed by atoms with van der Waals surface area (Å²) < 4.78 is 15.8. The van der Waals surface area contributed by atoms with Crippen LogP contribution >= 0.6 is 0 Å².